The molecule has 0 fully saturated rings. The number of nitriles is 1. The second-order valence-electron chi connectivity index (χ2n) is 6.13. The predicted molar refractivity (Wildman–Crippen MR) is 91.2 cm³/mol. The molecule has 0 saturated carbocycles. The van der Waals surface area contributed by atoms with E-state index in [2.05, 4.69) is 73.6 Å². The van der Waals surface area contributed by atoms with E-state index in [1.54, 1.807) is 11.8 Å². The monoisotopic (exact) mass is 308 g/mol. The van der Waals surface area contributed by atoms with Crippen molar-refractivity contribution in [3.8, 4) is 6.07 Å². The molecule has 1 aliphatic heterocycles. The normalized spacial score (nSPS) is 19.9. The second-order valence-corrected chi connectivity index (χ2v) is 7.21. The summed E-state index contributed by atoms with van der Waals surface area (Å²) in [5.74, 6) is 0. The largest absolute Gasteiger partial charge is 0.309 e. The standard InChI is InChI=1S/C19H20N2S/c1-21(2)12-11-19(14-20)13-15-7-3-5-9-17(15)22-18-10-6-4-8-16(18)19/h3-10H,11-13H2,1-2H3. The first-order chi connectivity index (χ1) is 10.6. The van der Waals surface area contributed by atoms with E-state index in [0.717, 1.165) is 19.4 Å². The minimum Gasteiger partial charge on any atom is -0.309 e. The van der Waals surface area contributed by atoms with Crippen LogP contribution in [0.3, 0.4) is 0 Å². The van der Waals surface area contributed by atoms with Crippen LogP contribution in [0, 0.1) is 11.3 Å². The molecule has 0 radical (unpaired) electrons. The fraction of sp³-hybridized carbons (Fsp3) is 0.316. The van der Waals surface area contributed by atoms with Crippen LogP contribution in [0.25, 0.3) is 0 Å². The molecular weight excluding hydrogens is 288 g/mol. The molecule has 2 nitrogen and oxygen atoms in total. The van der Waals surface area contributed by atoms with Gasteiger partial charge in [-0.1, -0.05) is 48.2 Å². The van der Waals surface area contributed by atoms with Crippen molar-refractivity contribution >= 4 is 11.8 Å². The molecule has 1 atom stereocenters. The quantitative estimate of drug-likeness (QED) is 0.854. The predicted octanol–water partition coefficient (Wildman–Crippen LogP) is 4.11. The van der Waals surface area contributed by atoms with Crippen molar-refractivity contribution in [3.05, 3.63) is 59.7 Å². The van der Waals surface area contributed by atoms with E-state index < -0.39 is 5.41 Å². The molecule has 2 aromatic carbocycles. The fourth-order valence-electron chi connectivity index (χ4n) is 3.03. The molecule has 0 spiro atoms. The summed E-state index contributed by atoms with van der Waals surface area (Å²) in [6.07, 6.45) is 1.64. The molecule has 3 rings (SSSR count). The van der Waals surface area contributed by atoms with Gasteiger partial charge in [0, 0.05) is 9.79 Å². The Hall–Kier alpha value is -1.76. The van der Waals surface area contributed by atoms with E-state index >= 15 is 0 Å². The molecule has 2 aromatic rings. The van der Waals surface area contributed by atoms with Gasteiger partial charge in [-0.3, -0.25) is 0 Å². The SMILES string of the molecule is CN(C)CCC1(C#N)Cc2ccccc2Sc2ccccc21. The highest BCUT2D eigenvalue weighted by Crippen LogP contribution is 2.45. The second kappa shape index (κ2) is 6.16. The maximum Gasteiger partial charge on any atom is 0.0885 e. The Morgan fingerprint density at radius 3 is 2.50 bits per heavy atom. The first-order valence-corrected chi connectivity index (χ1v) is 8.37. The summed E-state index contributed by atoms with van der Waals surface area (Å²) in [5.41, 5.74) is 2.02. The number of benzene rings is 2. The zero-order valence-corrected chi connectivity index (χ0v) is 13.9. The highest BCUT2D eigenvalue weighted by molar-refractivity contribution is 7.99. The third-order valence-electron chi connectivity index (χ3n) is 4.29. The first kappa shape index (κ1) is 15.1. The Kier molecular flexibility index (Phi) is 4.24. The average Bonchev–Trinajstić information content (AvgIpc) is 2.67. The molecule has 1 aliphatic rings. The molecule has 0 aliphatic carbocycles. The average molecular weight is 308 g/mol. The summed E-state index contributed by atoms with van der Waals surface area (Å²) in [7, 11) is 4.13. The number of hydrogen-bond acceptors (Lipinski definition) is 3. The number of rotatable bonds is 3. The third-order valence-corrected chi connectivity index (χ3v) is 5.48. The van der Waals surface area contributed by atoms with Gasteiger partial charge >= 0.3 is 0 Å². The summed E-state index contributed by atoms with van der Waals surface area (Å²) in [6.45, 7) is 0.911. The van der Waals surface area contributed by atoms with Gasteiger partial charge in [0.05, 0.1) is 11.5 Å². The summed E-state index contributed by atoms with van der Waals surface area (Å²) in [4.78, 5) is 4.65. The maximum atomic E-state index is 10.1. The van der Waals surface area contributed by atoms with Crippen LogP contribution in [0.15, 0.2) is 58.3 Å². The highest BCUT2D eigenvalue weighted by atomic mass is 32.2. The molecule has 0 aromatic heterocycles. The molecule has 0 N–H and O–H groups in total. The summed E-state index contributed by atoms with van der Waals surface area (Å²) in [6, 6.07) is 19.5. The van der Waals surface area contributed by atoms with Crippen molar-refractivity contribution in [3.63, 3.8) is 0 Å². The summed E-state index contributed by atoms with van der Waals surface area (Å²) < 4.78 is 0. The Morgan fingerprint density at radius 1 is 1.09 bits per heavy atom. The molecule has 3 heteroatoms. The van der Waals surface area contributed by atoms with Gasteiger partial charge in [-0.2, -0.15) is 5.26 Å². The number of hydrogen-bond donors (Lipinski definition) is 0. The Morgan fingerprint density at radius 2 is 1.77 bits per heavy atom. The van der Waals surface area contributed by atoms with E-state index in [0.29, 0.717) is 0 Å². The lowest BCUT2D eigenvalue weighted by molar-refractivity contribution is 0.349. The molecule has 0 saturated heterocycles. The third kappa shape index (κ3) is 2.77. The van der Waals surface area contributed by atoms with E-state index in [9.17, 15) is 5.26 Å². The molecule has 1 unspecified atom stereocenters. The molecule has 1 heterocycles. The van der Waals surface area contributed by atoms with E-state index in [4.69, 9.17) is 0 Å². The Balaban J connectivity index is 2.13. The van der Waals surface area contributed by atoms with Crippen molar-refractivity contribution < 1.29 is 0 Å². The van der Waals surface area contributed by atoms with Crippen molar-refractivity contribution in [1.29, 1.82) is 5.26 Å². The van der Waals surface area contributed by atoms with E-state index in [1.165, 1.54) is 20.9 Å². The lowest BCUT2D eigenvalue weighted by Gasteiger charge is -2.28. The number of nitrogens with zero attached hydrogens (tertiary/aromatic N) is 2. The van der Waals surface area contributed by atoms with Gasteiger partial charge in [0.2, 0.25) is 0 Å². The minimum atomic E-state index is -0.444. The van der Waals surface area contributed by atoms with Crippen molar-refractivity contribution in [2.24, 2.45) is 0 Å². The van der Waals surface area contributed by atoms with Crippen molar-refractivity contribution in [1.82, 2.24) is 4.90 Å². The van der Waals surface area contributed by atoms with Gasteiger partial charge in [-0.05, 0) is 56.7 Å². The van der Waals surface area contributed by atoms with E-state index in [1.807, 2.05) is 0 Å². The molecule has 0 bridgehead atoms. The first-order valence-electron chi connectivity index (χ1n) is 7.56. The highest BCUT2D eigenvalue weighted by Gasteiger charge is 2.37. The van der Waals surface area contributed by atoms with Gasteiger partial charge in [0.15, 0.2) is 0 Å². The van der Waals surface area contributed by atoms with Gasteiger partial charge in [-0.15, -0.1) is 0 Å². The van der Waals surface area contributed by atoms with Crippen molar-refractivity contribution in [2.75, 3.05) is 20.6 Å². The van der Waals surface area contributed by atoms with Gasteiger partial charge in [-0.25, -0.2) is 0 Å². The molecule has 0 amide bonds. The van der Waals surface area contributed by atoms with Crippen molar-refractivity contribution in [2.45, 2.75) is 28.0 Å². The van der Waals surface area contributed by atoms with Crippen LogP contribution in [0.2, 0.25) is 0 Å². The van der Waals surface area contributed by atoms with Crippen LogP contribution in [-0.4, -0.2) is 25.5 Å². The molecular formula is C19H20N2S. The van der Waals surface area contributed by atoms with Crippen LogP contribution in [0.5, 0.6) is 0 Å². The molecule has 112 valence electrons. The van der Waals surface area contributed by atoms with Gasteiger partial charge < -0.3 is 4.90 Å². The zero-order chi connectivity index (χ0) is 15.6. The number of fused-ring (bicyclic) bond motifs is 2. The van der Waals surface area contributed by atoms with Gasteiger partial charge in [0.1, 0.15) is 0 Å². The van der Waals surface area contributed by atoms with Crippen LogP contribution in [-0.2, 0) is 11.8 Å². The Labute approximate surface area is 136 Å². The van der Waals surface area contributed by atoms with Crippen LogP contribution < -0.4 is 0 Å². The minimum absolute atomic E-state index is 0.444. The van der Waals surface area contributed by atoms with Crippen LogP contribution >= 0.6 is 11.8 Å². The summed E-state index contributed by atoms with van der Waals surface area (Å²) in [5, 5.41) is 10.1. The topological polar surface area (TPSA) is 27.0 Å². The lowest BCUT2D eigenvalue weighted by atomic mass is 9.74. The van der Waals surface area contributed by atoms with Crippen LogP contribution in [0.1, 0.15) is 17.5 Å². The summed E-state index contributed by atoms with van der Waals surface area (Å²) >= 11 is 1.79. The molecule has 22 heavy (non-hydrogen) atoms. The Bertz CT molecular complexity index is 717. The zero-order valence-electron chi connectivity index (χ0n) is 13.0. The fourth-order valence-corrected chi connectivity index (χ4v) is 4.21. The van der Waals surface area contributed by atoms with E-state index in [-0.39, 0.29) is 0 Å². The smallest absolute Gasteiger partial charge is 0.0885 e. The van der Waals surface area contributed by atoms with Gasteiger partial charge in [0.25, 0.3) is 0 Å². The maximum absolute atomic E-state index is 10.1. The lowest BCUT2D eigenvalue weighted by Crippen LogP contribution is -2.31. The van der Waals surface area contributed by atoms with Crippen LogP contribution in [0.4, 0.5) is 0 Å².